The SMILES string of the molecule is O=C(CCSc1ccccc1)NCc1cc(-c2ccsc2)cs1. The summed E-state index contributed by atoms with van der Waals surface area (Å²) in [6, 6.07) is 14.5. The van der Waals surface area contributed by atoms with Crippen LogP contribution in [0.2, 0.25) is 0 Å². The molecule has 0 aliphatic rings. The maximum Gasteiger partial charge on any atom is 0.221 e. The van der Waals surface area contributed by atoms with Crippen LogP contribution in [0.15, 0.2) is 63.5 Å². The average molecular weight is 360 g/mol. The zero-order valence-electron chi connectivity index (χ0n) is 12.5. The molecule has 3 rings (SSSR count). The molecule has 2 aromatic heterocycles. The molecule has 0 aliphatic heterocycles. The van der Waals surface area contributed by atoms with Crippen molar-refractivity contribution in [1.29, 1.82) is 0 Å². The molecule has 2 heterocycles. The molecular formula is C18H17NOS3. The van der Waals surface area contributed by atoms with Crippen LogP contribution in [0.4, 0.5) is 0 Å². The first-order valence-corrected chi connectivity index (χ1v) is 10.2. The van der Waals surface area contributed by atoms with Crippen molar-refractivity contribution in [3.63, 3.8) is 0 Å². The van der Waals surface area contributed by atoms with Crippen molar-refractivity contribution in [3.8, 4) is 11.1 Å². The third-order valence-electron chi connectivity index (χ3n) is 3.31. The van der Waals surface area contributed by atoms with E-state index in [0.29, 0.717) is 13.0 Å². The summed E-state index contributed by atoms with van der Waals surface area (Å²) in [5.41, 5.74) is 2.49. The predicted molar refractivity (Wildman–Crippen MR) is 101 cm³/mol. The number of thiophene rings is 2. The van der Waals surface area contributed by atoms with E-state index in [9.17, 15) is 4.79 Å². The van der Waals surface area contributed by atoms with Gasteiger partial charge in [0.1, 0.15) is 0 Å². The Balaban J connectivity index is 1.41. The highest BCUT2D eigenvalue weighted by Gasteiger charge is 2.05. The summed E-state index contributed by atoms with van der Waals surface area (Å²) in [4.78, 5) is 14.3. The van der Waals surface area contributed by atoms with Gasteiger partial charge in [0.05, 0.1) is 6.54 Å². The number of benzene rings is 1. The van der Waals surface area contributed by atoms with E-state index in [-0.39, 0.29) is 5.91 Å². The summed E-state index contributed by atoms with van der Waals surface area (Å²) < 4.78 is 0. The van der Waals surface area contributed by atoms with Crippen LogP contribution in [0.25, 0.3) is 11.1 Å². The lowest BCUT2D eigenvalue weighted by molar-refractivity contribution is -0.120. The third-order valence-corrected chi connectivity index (χ3v) is 5.94. The number of thioether (sulfide) groups is 1. The fraction of sp³-hybridized carbons (Fsp3) is 0.167. The van der Waals surface area contributed by atoms with E-state index in [1.165, 1.54) is 20.9 Å². The zero-order chi connectivity index (χ0) is 15.9. The van der Waals surface area contributed by atoms with Crippen molar-refractivity contribution in [2.75, 3.05) is 5.75 Å². The number of carbonyl (C=O) groups excluding carboxylic acids is 1. The Labute approximate surface area is 148 Å². The molecule has 0 atom stereocenters. The maximum atomic E-state index is 11.9. The summed E-state index contributed by atoms with van der Waals surface area (Å²) in [6.07, 6.45) is 0.544. The second-order valence-corrected chi connectivity index (χ2v) is 7.95. The van der Waals surface area contributed by atoms with E-state index < -0.39 is 0 Å². The Morgan fingerprint density at radius 1 is 1.09 bits per heavy atom. The molecule has 0 radical (unpaired) electrons. The summed E-state index contributed by atoms with van der Waals surface area (Å²) >= 11 is 5.11. The lowest BCUT2D eigenvalue weighted by atomic mass is 10.2. The number of hydrogen-bond donors (Lipinski definition) is 1. The zero-order valence-corrected chi connectivity index (χ0v) is 15.0. The smallest absolute Gasteiger partial charge is 0.221 e. The predicted octanol–water partition coefficient (Wildman–Crippen LogP) is 5.28. The van der Waals surface area contributed by atoms with E-state index in [0.717, 1.165) is 5.75 Å². The van der Waals surface area contributed by atoms with Crippen molar-refractivity contribution in [2.24, 2.45) is 0 Å². The molecule has 5 heteroatoms. The second-order valence-electron chi connectivity index (χ2n) is 5.00. The number of hydrogen-bond acceptors (Lipinski definition) is 4. The molecule has 0 bridgehead atoms. The van der Waals surface area contributed by atoms with Gasteiger partial charge in [-0.1, -0.05) is 18.2 Å². The first-order chi connectivity index (χ1) is 11.3. The highest BCUT2D eigenvalue weighted by molar-refractivity contribution is 7.99. The van der Waals surface area contributed by atoms with Crippen LogP contribution in [-0.2, 0) is 11.3 Å². The molecule has 1 amide bonds. The molecule has 23 heavy (non-hydrogen) atoms. The fourth-order valence-corrected chi connectivity index (χ4v) is 4.48. The van der Waals surface area contributed by atoms with Crippen molar-refractivity contribution in [3.05, 3.63) is 63.5 Å². The largest absolute Gasteiger partial charge is 0.351 e. The molecule has 1 aromatic carbocycles. The molecule has 0 unspecified atom stereocenters. The average Bonchev–Trinajstić information content (AvgIpc) is 3.25. The maximum absolute atomic E-state index is 11.9. The monoisotopic (exact) mass is 359 g/mol. The Morgan fingerprint density at radius 2 is 1.96 bits per heavy atom. The van der Waals surface area contributed by atoms with Gasteiger partial charge >= 0.3 is 0 Å². The lowest BCUT2D eigenvalue weighted by Gasteiger charge is -2.04. The molecular weight excluding hydrogens is 342 g/mol. The molecule has 3 aromatic rings. The standard InChI is InChI=1S/C18H17NOS3/c20-18(7-9-22-16-4-2-1-3-5-16)19-11-17-10-15(13-23-17)14-6-8-21-12-14/h1-6,8,10,12-13H,7,9,11H2,(H,19,20). The van der Waals surface area contributed by atoms with Crippen LogP contribution in [0.1, 0.15) is 11.3 Å². The molecule has 0 aliphatic carbocycles. The van der Waals surface area contributed by atoms with E-state index in [2.05, 4.69) is 45.7 Å². The fourth-order valence-electron chi connectivity index (χ4n) is 2.11. The summed E-state index contributed by atoms with van der Waals surface area (Å²) in [7, 11) is 0. The van der Waals surface area contributed by atoms with Crippen LogP contribution in [-0.4, -0.2) is 11.7 Å². The Hall–Kier alpha value is -1.56. The van der Waals surface area contributed by atoms with Gasteiger partial charge in [-0.15, -0.1) is 23.1 Å². The number of amides is 1. The van der Waals surface area contributed by atoms with Crippen LogP contribution in [0.3, 0.4) is 0 Å². The Kier molecular flexibility index (Phi) is 5.91. The van der Waals surface area contributed by atoms with E-state index in [1.54, 1.807) is 34.4 Å². The van der Waals surface area contributed by atoms with Gasteiger partial charge in [0, 0.05) is 21.9 Å². The van der Waals surface area contributed by atoms with Gasteiger partial charge in [-0.05, 0) is 51.5 Å². The summed E-state index contributed by atoms with van der Waals surface area (Å²) in [5, 5.41) is 9.38. The van der Waals surface area contributed by atoms with Gasteiger partial charge in [0.25, 0.3) is 0 Å². The van der Waals surface area contributed by atoms with Crippen LogP contribution >= 0.6 is 34.4 Å². The van der Waals surface area contributed by atoms with Gasteiger partial charge in [0.2, 0.25) is 5.91 Å². The van der Waals surface area contributed by atoms with Gasteiger partial charge < -0.3 is 5.32 Å². The van der Waals surface area contributed by atoms with Gasteiger partial charge in [0.15, 0.2) is 0 Å². The summed E-state index contributed by atoms with van der Waals surface area (Å²) in [6.45, 7) is 0.615. The molecule has 0 saturated heterocycles. The Morgan fingerprint density at radius 3 is 2.74 bits per heavy atom. The minimum atomic E-state index is 0.110. The molecule has 0 saturated carbocycles. The van der Waals surface area contributed by atoms with E-state index in [1.807, 2.05) is 18.2 Å². The van der Waals surface area contributed by atoms with Crippen molar-refractivity contribution in [2.45, 2.75) is 17.9 Å². The quantitative estimate of drug-likeness (QED) is 0.582. The van der Waals surface area contributed by atoms with E-state index >= 15 is 0 Å². The van der Waals surface area contributed by atoms with Gasteiger partial charge in [-0.25, -0.2) is 0 Å². The van der Waals surface area contributed by atoms with Crippen LogP contribution in [0, 0.1) is 0 Å². The first kappa shape index (κ1) is 16.3. The van der Waals surface area contributed by atoms with Gasteiger partial charge in [-0.3, -0.25) is 4.79 Å². The van der Waals surface area contributed by atoms with E-state index in [4.69, 9.17) is 0 Å². The summed E-state index contributed by atoms with van der Waals surface area (Å²) in [5.74, 6) is 0.916. The number of rotatable bonds is 7. The lowest BCUT2D eigenvalue weighted by Crippen LogP contribution is -2.22. The van der Waals surface area contributed by atoms with Gasteiger partial charge in [-0.2, -0.15) is 11.3 Å². The normalized spacial score (nSPS) is 10.6. The van der Waals surface area contributed by atoms with Crippen molar-refractivity contribution >= 4 is 40.3 Å². The molecule has 1 N–H and O–H groups in total. The highest BCUT2D eigenvalue weighted by Crippen LogP contribution is 2.27. The number of nitrogens with one attached hydrogen (secondary N) is 1. The molecule has 118 valence electrons. The Bertz CT molecular complexity index is 735. The van der Waals surface area contributed by atoms with Crippen molar-refractivity contribution in [1.82, 2.24) is 5.32 Å². The third kappa shape index (κ3) is 4.96. The molecule has 0 fully saturated rings. The minimum Gasteiger partial charge on any atom is -0.351 e. The number of carbonyl (C=O) groups is 1. The van der Waals surface area contributed by atoms with Crippen molar-refractivity contribution < 1.29 is 4.79 Å². The topological polar surface area (TPSA) is 29.1 Å². The molecule has 2 nitrogen and oxygen atoms in total. The van der Waals surface area contributed by atoms with Crippen LogP contribution in [0.5, 0.6) is 0 Å². The van der Waals surface area contributed by atoms with Crippen LogP contribution < -0.4 is 5.32 Å². The first-order valence-electron chi connectivity index (χ1n) is 7.36. The second kappa shape index (κ2) is 8.34. The minimum absolute atomic E-state index is 0.110. The highest BCUT2D eigenvalue weighted by atomic mass is 32.2. The molecule has 0 spiro atoms.